The van der Waals surface area contributed by atoms with Crippen LogP contribution in [-0.4, -0.2) is 9.52 Å². The van der Waals surface area contributed by atoms with Crippen LogP contribution in [0.1, 0.15) is 48.0 Å². The minimum atomic E-state index is 0.261. The van der Waals surface area contributed by atoms with Crippen molar-refractivity contribution in [2.75, 3.05) is 0 Å². The third-order valence-corrected chi connectivity index (χ3v) is 6.19. The van der Waals surface area contributed by atoms with E-state index < -0.39 is 0 Å². The van der Waals surface area contributed by atoms with Crippen molar-refractivity contribution in [2.45, 2.75) is 48.0 Å². The summed E-state index contributed by atoms with van der Waals surface area (Å²) in [6, 6.07) is 0. The summed E-state index contributed by atoms with van der Waals surface area (Å²) in [6.45, 7) is 13.8. The van der Waals surface area contributed by atoms with Gasteiger partial charge in [-0.05, 0) is 34.1 Å². The molecule has 17 heavy (non-hydrogen) atoms. The van der Waals surface area contributed by atoms with Gasteiger partial charge in [-0.25, -0.2) is 0 Å². The van der Waals surface area contributed by atoms with Crippen LogP contribution in [0.15, 0.2) is 44.8 Å². The third kappa shape index (κ3) is 2.13. The van der Waals surface area contributed by atoms with Gasteiger partial charge < -0.3 is 0 Å². The second-order valence-electron chi connectivity index (χ2n) is 5.92. The summed E-state index contributed by atoms with van der Waals surface area (Å²) < 4.78 is 0. The standard InChI is InChI=1S/C16H22Si/c1-10-7-8-11(2)14(10)17-15-12(3)9-16(5,6)13(15)4/h7,9H,8H2,1-6H3. The molecule has 0 atom stereocenters. The second kappa shape index (κ2) is 4.13. The van der Waals surface area contributed by atoms with Crippen LogP contribution in [0.5, 0.6) is 0 Å². The fraction of sp³-hybridized carbons (Fsp3) is 0.500. The molecule has 0 spiro atoms. The first-order valence-electron chi connectivity index (χ1n) is 6.38. The second-order valence-corrected chi connectivity index (χ2v) is 7.17. The molecule has 0 unspecified atom stereocenters. The van der Waals surface area contributed by atoms with Gasteiger partial charge >= 0.3 is 0 Å². The van der Waals surface area contributed by atoms with Crippen LogP contribution >= 0.6 is 0 Å². The van der Waals surface area contributed by atoms with Gasteiger partial charge in [0.15, 0.2) is 0 Å². The van der Waals surface area contributed by atoms with E-state index in [9.17, 15) is 0 Å². The quantitative estimate of drug-likeness (QED) is 0.622. The van der Waals surface area contributed by atoms with Gasteiger partial charge in [-0.1, -0.05) is 58.7 Å². The minimum Gasteiger partial charge on any atom is -0.0777 e. The highest BCUT2D eigenvalue weighted by molar-refractivity contribution is 6.57. The SMILES string of the molecule is CC1=CCC(C)=C1[Si]C1=C(C)C(C)(C)C=C1C. The van der Waals surface area contributed by atoms with E-state index in [0.29, 0.717) is 0 Å². The summed E-state index contributed by atoms with van der Waals surface area (Å²) in [5.41, 5.74) is 6.38. The lowest BCUT2D eigenvalue weighted by Gasteiger charge is -2.18. The molecule has 0 aromatic heterocycles. The summed E-state index contributed by atoms with van der Waals surface area (Å²) in [4.78, 5) is 0. The fourth-order valence-corrected chi connectivity index (χ4v) is 4.35. The van der Waals surface area contributed by atoms with Crippen LogP contribution in [0.25, 0.3) is 0 Å². The third-order valence-electron chi connectivity index (χ3n) is 4.10. The van der Waals surface area contributed by atoms with Gasteiger partial charge in [-0.2, -0.15) is 0 Å². The van der Waals surface area contributed by atoms with Crippen LogP contribution in [-0.2, 0) is 0 Å². The van der Waals surface area contributed by atoms with E-state index in [-0.39, 0.29) is 5.41 Å². The molecule has 90 valence electrons. The lowest BCUT2D eigenvalue weighted by atomic mass is 9.89. The Morgan fingerprint density at radius 3 is 2.06 bits per heavy atom. The molecule has 2 aliphatic rings. The summed E-state index contributed by atoms with van der Waals surface area (Å²) in [7, 11) is 0.850. The van der Waals surface area contributed by atoms with Crippen molar-refractivity contribution in [3.63, 3.8) is 0 Å². The minimum absolute atomic E-state index is 0.261. The molecule has 2 rings (SSSR count). The average Bonchev–Trinajstić information content (AvgIpc) is 2.62. The summed E-state index contributed by atoms with van der Waals surface area (Å²) >= 11 is 0. The molecular formula is C16H22Si. The van der Waals surface area contributed by atoms with E-state index >= 15 is 0 Å². The van der Waals surface area contributed by atoms with Gasteiger partial charge in [0.1, 0.15) is 9.52 Å². The Morgan fingerprint density at radius 1 is 1.00 bits per heavy atom. The zero-order valence-electron chi connectivity index (χ0n) is 11.9. The lowest BCUT2D eigenvalue weighted by Crippen LogP contribution is -2.09. The fourth-order valence-electron chi connectivity index (χ4n) is 2.71. The molecule has 0 nitrogen and oxygen atoms in total. The van der Waals surface area contributed by atoms with Gasteiger partial charge in [0.05, 0.1) is 0 Å². The van der Waals surface area contributed by atoms with Gasteiger partial charge in [-0.15, -0.1) is 0 Å². The van der Waals surface area contributed by atoms with Crippen molar-refractivity contribution in [2.24, 2.45) is 5.41 Å². The number of hydrogen-bond donors (Lipinski definition) is 0. The molecule has 2 radical (unpaired) electrons. The Labute approximate surface area is 108 Å². The van der Waals surface area contributed by atoms with Crippen molar-refractivity contribution < 1.29 is 0 Å². The Bertz CT molecular complexity index is 482. The smallest absolute Gasteiger partial charge is 0.0777 e. The lowest BCUT2D eigenvalue weighted by molar-refractivity contribution is 0.589. The molecule has 1 heteroatoms. The topological polar surface area (TPSA) is 0 Å². The molecule has 0 saturated heterocycles. The van der Waals surface area contributed by atoms with Crippen molar-refractivity contribution in [3.8, 4) is 0 Å². The normalized spacial score (nSPS) is 23.4. The molecule has 0 aliphatic heterocycles. The Kier molecular flexibility index (Phi) is 3.07. The van der Waals surface area contributed by atoms with Crippen LogP contribution in [0, 0.1) is 5.41 Å². The number of hydrogen-bond acceptors (Lipinski definition) is 0. The van der Waals surface area contributed by atoms with E-state index in [4.69, 9.17) is 0 Å². The zero-order chi connectivity index (χ0) is 12.8. The zero-order valence-corrected chi connectivity index (χ0v) is 12.9. The van der Waals surface area contributed by atoms with Crippen molar-refractivity contribution in [1.82, 2.24) is 0 Å². The summed E-state index contributed by atoms with van der Waals surface area (Å²) in [5.74, 6) is 0. The molecule has 2 aliphatic carbocycles. The van der Waals surface area contributed by atoms with Gasteiger partial charge in [-0.3, -0.25) is 0 Å². The van der Waals surface area contributed by atoms with Crippen LogP contribution < -0.4 is 0 Å². The Hall–Kier alpha value is -0.823. The maximum absolute atomic E-state index is 2.43. The molecule has 0 amide bonds. The van der Waals surface area contributed by atoms with Crippen molar-refractivity contribution >= 4 is 9.52 Å². The molecule has 0 saturated carbocycles. The highest BCUT2D eigenvalue weighted by atomic mass is 28.2. The molecule has 0 fully saturated rings. The summed E-state index contributed by atoms with van der Waals surface area (Å²) in [5, 5.41) is 3.20. The molecule has 0 N–H and O–H groups in total. The first kappa shape index (κ1) is 12.6. The van der Waals surface area contributed by atoms with E-state index in [2.05, 4.69) is 53.7 Å². The van der Waals surface area contributed by atoms with Crippen LogP contribution in [0.4, 0.5) is 0 Å². The number of allylic oxidation sites excluding steroid dienone is 8. The van der Waals surface area contributed by atoms with Gasteiger partial charge in [0, 0.05) is 5.41 Å². The Morgan fingerprint density at radius 2 is 1.65 bits per heavy atom. The van der Waals surface area contributed by atoms with Gasteiger partial charge in [0.25, 0.3) is 0 Å². The highest BCUT2D eigenvalue weighted by Gasteiger charge is 2.29. The van der Waals surface area contributed by atoms with Gasteiger partial charge in [0.2, 0.25) is 0 Å². The van der Waals surface area contributed by atoms with Crippen LogP contribution in [0.2, 0.25) is 0 Å². The van der Waals surface area contributed by atoms with E-state index in [1.54, 1.807) is 21.5 Å². The van der Waals surface area contributed by atoms with Crippen molar-refractivity contribution in [1.29, 1.82) is 0 Å². The monoisotopic (exact) mass is 242 g/mol. The summed E-state index contributed by atoms with van der Waals surface area (Å²) in [6.07, 6.45) is 5.95. The first-order valence-corrected chi connectivity index (χ1v) is 7.38. The Balaban J connectivity index is 2.33. The molecular weight excluding hydrogens is 220 g/mol. The molecule has 0 aromatic carbocycles. The van der Waals surface area contributed by atoms with E-state index in [0.717, 1.165) is 15.9 Å². The highest BCUT2D eigenvalue weighted by Crippen LogP contribution is 2.41. The van der Waals surface area contributed by atoms with Crippen molar-refractivity contribution in [3.05, 3.63) is 44.8 Å². The average molecular weight is 242 g/mol. The molecule has 0 heterocycles. The largest absolute Gasteiger partial charge is 0.122 e. The predicted molar refractivity (Wildman–Crippen MR) is 77.1 cm³/mol. The molecule has 0 bridgehead atoms. The van der Waals surface area contributed by atoms with Crippen LogP contribution in [0.3, 0.4) is 0 Å². The van der Waals surface area contributed by atoms with E-state index in [1.165, 1.54) is 11.1 Å². The maximum Gasteiger partial charge on any atom is 0.122 e. The molecule has 0 aromatic rings. The number of rotatable bonds is 2. The van der Waals surface area contributed by atoms with E-state index in [1.807, 2.05) is 0 Å². The predicted octanol–water partition coefficient (Wildman–Crippen LogP) is 4.57. The maximum atomic E-state index is 2.43. The first-order chi connectivity index (χ1) is 7.83.